The number of nitriles is 1. The lowest BCUT2D eigenvalue weighted by Gasteiger charge is -2.41. The van der Waals surface area contributed by atoms with Crippen LogP contribution in [0.2, 0.25) is 0 Å². The Labute approximate surface area is 227 Å². The van der Waals surface area contributed by atoms with Gasteiger partial charge in [0.05, 0.1) is 23.8 Å². The van der Waals surface area contributed by atoms with E-state index in [1.165, 1.54) is 16.7 Å². The lowest BCUT2D eigenvalue weighted by atomic mass is 9.95. The topological polar surface area (TPSA) is 85.4 Å². The molecule has 1 unspecified atom stereocenters. The Bertz CT molecular complexity index is 1650. The summed E-state index contributed by atoms with van der Waals surface area (Å²) in [4.78, 5) is 22.1. The molecule has 9 heteroatoms. The summed E-state index contributed by atoms with van der Waals surface area (Å²) in [6, 6.07) is 18.7. The molecule has 1 aliphatic heterocycles. The number of halogens is 2. The fraction of sp³-hybridized carbons (Fsp3) is 0.207. The Morgan fingerprint density at radius 3 is 2.45 bits per heavy atom. The standard InChI is InChI=1S/C29H23BrFN5O2/c1-2-13-36-23-11-12-25(30)33-26(23)28(22(18-32)29(36)38)35-16-14-34(15-17-35)27(19-7-9-20(31)10-8-19)21-5-3-4-6-24(21)37/h1,3-12,27,37H,13-17H2. The smallest absolute Gasteiger partial charge is 0.272 e. The number of rotatable bonds is 5. The first-order valence-corrected chi connectivity index (χ1v) is 12.8. The molecule has 0 aliphatic carbocycles. The van der Waals surface area contributed by atoms with Gasteiger partial charge in [0.15, 0.2) is 0 Å². The largest absolute Gasteiger partial charge is 0.508 e. The number of anilines is 1. The maximum Gasteiger partial charge on any atom is 0.272 e. The van der Waals surface area contributed by atoms with Crippen LogP contribution in [0, 0.1) is 29.5 Å². The summed E-state index contributed by atoms with van der Waals surface area (Å²) in [7, 11) is 0. The van der Waals surface area contributed by atoms with Gasteiger partial charge in [-0.25, -0.2) is 9.37 Å². The number of hydrogen-bond acceptors (Lipinski definition) is 6. The van der Waals surface area contributed by atoms with Crippen molar-refractivity contribution < 1.29 is 9.50 Å². The van der Waals surface area contributed by atoms with E-state index >= 15 is 0 Å². The van der Waals surface area contributed by atoms with E-state index in [2.05, 4.69) is 37.8 Å². The molecule has 2 aromatic heterocycles. The van der Waals surface area contributed by atoms with Crippen molar-refractivity contribution in [3.05, 3.63) is 98.1 Å². The Kier molecular flexibility index (Phi) is 7.15. The first kappa shape index (κ1) is 25.5. The van der Waals surface area contributed by atoms with E-state index < -0.39 is 5.56 Å². The minimum absolute atomic E-state index is 0.00240. The van der Waals surface area contributed by atoms with Crippen LogP contribution in [0.3, 0.4) is 0 Å². The first-order chi connectivity index (χ1) is 18.4. The van der Waals surface area contributed by atoms with E-state index in [1.54, 1.807) is 36.4 Å². The number of hydrogen-bond donors (Lipinski definition) is 1. The molecule has 2 aromatic carbocycles. The Morgan fingerprint density at radius 1 is 1.08 bits per heavy atom. The number of para-hydroxylation sites is 1. The molecule has 1 saturated heterocycles. The molecule has 190 valence electrons. The molecule has 3 heterocycles. The van der Waals surface area contributed by atoms with Crippen molar-refractivity contribution in [2.75, 3.05) is 31.1 Å². The summed E-state index contributed by atoms with van der Waals surface area (Å²) in [5.74, 6) is 2.32. The minimum Gasteiger partial charge on any atom is -0.508 e. The molecule has 0 saturated carbocycles. The van der Waals surface area contributed by atoms with Gasteiger partial charge in [-0.3, -0.25) is 14.3 Å². The third-order valence-corrected chi connectivity index (χ3v) is 7.27. The zero-order chi connectivity index (χ0) is 26.8. The third kappa shape index (κ3) is 4.63. The second kappa shape index (κ2) is 10.7. The number of nitrogens with zero attached hydrogens (tertiary/aromatic N) is 5. The van der Waals surface area contributed by atoms with Gasteiger partial charge in [-0.2, -0.15) is 5.26 Å². The van der Waals surface area contributed by atoms with E-state index in [0.29, 0.717) is 47.5 Å². The highest BCUT2D eigenvalue weighted by Crippen LogP contribution is 2.36. The predicted molar refractivity (Wildman–Crippen MR) is 147 cm³/mol. The van der Waals surface area contributed by atoms with Crippen molar-refractivity contribution in [2.45, 2.75) is 12.6 Å². The van der Waals surface area contributed by atoms with Gasteiger partial charge in [0.25, 0.3) is 5.56 Å². The van der Waals surface area contributed by atoms with Gasteiger partial charge in [0, 0.05) is 31.7 Å². The summed E-state index contributed by atoms with van der Waals surface area (Å²) in [6.07, 6.45) is 5.50. The van der Waals surface area contributed by atoms with Gasteiger partial charge in [-0.05, 0) is 51.8 Å². The monoisotopic (exact) mass is 571 g/mol. The zero-order valence-electron chi connectivity index (χ0n) is 20.3. The molecule has 7 nitrogen and oxygen atoms in total. The van der Waals surface area contributed by atoms with Gasteiger partial charge in [-0.15, -0.1) is 6.42 Å². The van der Waals surface area contributed by atoms with E-state index in [1.807, 2.05) is 17.0 Å². The number of fused-ring (bicyclic) bond motifs is 1. The van der Waals surface area contributed by atoms with Gasteiger partial charge < -0.3 is 10.0 Å². The molecule has 1 aliphatic rings. The fourth-order valence-electron chi connectivity index (χ4n) is 5.10. The molecule has 5 rings (SSSR count). The normalized spacial score (nSPS) is 14.7. The molecular formula is C29H23BrFN5O2. The number of piperazine rings is 1. The van der Waals surface area contributed by atoms with Crippen LogP contribution in [0.15, 0.2) is 70.1 Å². The molecule has 1 fully saturated rings. The highest BCUT2D eigenvalue weighted by Gasteiger charge is 2.31. The summed E-state index contributed by atoms with van der Waals surface area (Å²) >= 11 is 3.41. The molecule has 0 amide bonds. The van der Waals surface area contributed by atoms with Gasteiger partial charge in [-0.1, -0.05) is 36.3 Å². The van der Waals surface area contributed by atoms with Crippen LogP contribution < -0.4 is 10.5 Å². The first-order valence-electron chi connectivity index (χ1n) is 12.0. The molecule has 38 heavy (non-hydrogen) atoms. The number of phenols is 1. The molecule has 4 aromatic rings. The Balaban J connectivity index is 1.54. The van der Waals surface area contributed by atoms with Crippen LogP contribution in [-0.2, 0) is 6.54 Å². The third-order valence-electron chi connectivity index (χ3n) is 6.82. The van der Waals surface area contributed by atoms with Crippen molar-refractivity contribution in [2.24, 2.45) is 0 Å². The number of aromatic hydroxyl groups is 1. The fourth-order valence-corrected chi connectivity index (χ4v) is 5.41. The predicted octanol–water partition coefficient (Wildman–Crippen LogP) is 4.42. The SMILES string of the molecule is C#CCn1c(=O)c(C#N)c(N2CCN(C(c3ccc(F)cc3)c3ccccc3O)CC2)c2nc(Br)ccc21. The summed E-state index contributed by atoms with van der Waals surface area (Å²) < 4.78 is 15.7. The van der Waals surface area contributed by atoms with Crippen LogP contribution in [0.5, 0.6) is 5.75 Å². The van der Waals surface area contributed by atoms with Crippen LogP contribution in [0.1, 0.15) is 22.7 Å². The number of benzene rings is 2. The summed E-state index contributed by atoms with van der Waals surface area (Å²) in [5, 5.41) is 20.7. The number of pyridine rings is 2. The van der Waals surface area contributed by atoms with E-state index in [-0.39, 0.29) is 29.7 Å². The van der Waals surface area contributed by atoms with Crippen molar-refractivity contribution in [3.8, 4) is 24.2 Å². The average Bonchev–Trinajstić information content (AvgIpc) is 2.92. The summed E-state index contributed by atoms with van der Waals surface area (Å²) in [6.45, 7) is 2.15. The van der Waals surface area contributed by atoms with Crippen LogP contribution in [0.4, 0.5) is 10.1 Å². The van der Waals surface area contributed by atoms with Crippen molar-refractivity contribution in [1.82, 2.24) is 14.5 Å². The second-order valence-corrected chi connectivity index (χ2v) is 9.78. The van der Waals surface area contributed by atoms with Crippen LogP contribution >= 0.6 is 15.9 Å². The van der Waals surface area contributed by atoms with Gasteiger partial charge >= 0.3 is 0 Å². The van der Waals surface area contributed by atoms with Gasteiger partial charge in [0.2, 0.25) is 0 Å². The minimum atomic E-state index is -0.446. The van der Waals surface area contributed by atoms with Crippen LogP contribution in [0.25, 0.3) is 11.0 Å². The maximum atomic E-state index is 13.7. The average molecular weight is 572 g/mol. The molecule has 0 radical (unpaired) electrons. The van der Waals surface area contributed by atoms with Crippen LogP contribution in [-0.4, -0.2) is 45.7 Å². The molecule has 1 N–H and O–H groups in total. The Hall–Kier alpha value is -4.18. The number of aromatic nitrogens is 2. The van der Waals surface area contributed by atoms with E-state index in [0.717, 1.165) is 11.1 Å². The second-order valence-electron chi connectivity index (χ2n) is 8.97. The lowest BCUT2D eigenvalue weighted by molar-refractivity contribution is 0.209. The van der Waals surface area contributed by atoms with E-state index in [4.69, 9.17) is 6.42 Å². The summed E-state index contributed by atoms with van der Waals surface area (Å²) in [5.41, 5.74) is 2.70. The van der Waals surface area contributed by atoms with E-state index in [9.17, 15) is 19.6 Å². The highest BCUT2D eigenvalue weighted by atomic mass is 79.9. The molecular weight excluding hydrogens is 549 g/mol. The number of phenolic OH excluding ortho intramolecular Hbond substituents is 1. The lowest BCUT2D eigenvalue weighted by Crippen LogP contribution is -2.48. The molecule has 0 bridgehead atoms. The Morgan fingerprint density at radius 2 is 1.79 bits per heavy atom. The van der Waals surface area contributed by atoms with Gasteiger partial charge in [0.1, 0.15) is 33.3 Å². The molecule has 0 spiro atoms. The maximum absolute atomic E-state index is 13.7. The van der Waals surface area contributed by atoms with Crippen molar-refractivity contribution in [1.29, 1.82) is 5.26 Å². The zero-order valence-corrected chi connectivity index (χ0v) is 21.9. The molecule has 1 atom stereocenters. The quantitative estimate of drug-likeness (QED) is 0.282. The highest BCUT2D eigenvalue weighted by molar-refractivity contribution is 9.10. The van der Waals surface area contributed by atoms with Crippen molar-refractivity contribution in [3.63, 3.8) is 0 Å². The van der Waals surface area contributed by atoms with Crippen molar-refractivity contribution >= 4 is 32.7 Å². The number of terminal acetylenes is 1.